The first-order valence-corrected chi connectivity index (χ1v) is 9.45. The maximum absolute atomic E-state index is 4.39. The molecule has 25 heavy (non-hydrogen) atoms. The molecule has 8 heteroatoms. The van der Waals surface area contributed by atoms with Gasteiger partial charge in [-0.1, -0.05) is 6.42 Å². The van der Waals surface area contributed by atoms with Gasteiger partial charge in [-0.15, -0.1) is 34.2 Å². The second-order valence-electron chi connectivity index (χ2n) is 7.28. The zero-order chi connectivity index (χ0) is 16.4. The van der Waals surface area contributed by atoms with Crippen LogP contribution in [0.3, 0.4) is 0 Å². The lowest BCUT2D eigenvalue weighted by atomic mass is 10.2. The van der Waals surface area contributed by atoms with Gasteiger partial charge < -0.3 is 15.2 Å². The summed E-state index contributed by atoms with van der Waals surface area (Å²) in [4.78, 5) is 7.00. The average Bonchev–Trinajstić information content (AvgIpc) is 3.30. The van der Waals surface area contributed by atoms with E-state index in [-0.39, 0.29) is 24.0 Å². The van der Waals surface area contributed by atoms with E-state index in [0.717, 1.165) is 43.2 Å². The standard InChI is InChI=1S/C17H29N7.HI/c1-18-17(20-13-8-10-23(12-13)14-6-7-14)19-11-16-22-21-15-5-3-2-4-9-24(15)16;/h13-14H,2-12H2,1H3,(H2,18,19,20);1H. The van der Waals surface area contributed by atoms with Gasteiger partial charge in [-0.3, -0.25) is 9.89 Å². The zero-order valence-corrected chi connectivity index (χ0v) is 17.4. The number of halogens is 1. The first-order valence-electron chi connectivity index (χ1n) is 9.45. The van der Waals surface area contributed by atoms with E-state index in [1.165, 1.54) is 45.1 Å². The van der Waals surface area contributed by atoms with E-state index in [0.29, 0.717) is 12.6 Å². The van der Waals surface area contributed by atoms with E-state index in [1.54, 1.807) is 0 Å². The van der Waals surface area contributed by atoms with Crippen LogP contribution >= 0.6 is 24.0 Å². The van der Waals surface area contributed by atoms with Crippen LogP contribution in [0.5, 0.6) is 0 Å². The molecule has 0 amide bonds. The molecule has 2 fully saturated rings. The third kappa shape index (κ3) is 4.64. The van der Waals surface area contributed by atoms with E-state index in [4.69, 9.17) is 0 Å². The predicted molar refractivity (Wildman–Crippen MR) is 109 cm³/mol. The van der Waals surface area contributed by atoms with Gasteiger partial charge in [0.1, 0.15) is 5.82 Å². The SMILES string of the molecule is CN=C(NCc1nnc2n1CCCCC2)NC1CCN(C2CC2)C1.I. The Bertz CT molecular complexity index is 596. The van der Waals surface area contributed by atoms with Crippen molar-refractivity contribution in [3.8, 4) is 0 Å². The molecule has 1 aromatic heterocycles. The summed E-state index contributed by atoms with van der Waals surface area (Å²) in [5, 5.41) is 15.7. The molecule has 1 aromatic rings. The fourth-order valence-corrected chi connectivity index (χ4v) is 3.90. The lowest BCUT2D eigenvalue weighted by molar-refractivity contribution is 0.321. The van der Waals surface area contributed by atoms with E-state index < -0.39 is 0 Å². The Morgan fingerprint density at radius 2 is 2.04 bits per heavy atom. The van der Waals surface area contributed by atoms with E-state index in [1.807, 2.05) is 7.05 Å². The molecule has 0 aromatic carbocycles. The number of nitrogens with zero attached hydrogens (tertiary/aromatic N) is 5. The van der Waals surface area contributed by atoms with Crippen LogP contribution in [-0.2, 0) is 19.5 Å². The molecule has 0 bridgehead atoms. The summed E-state index contributed by atoms with van der Waals surface area (Å²) in [5.41, 5.74) is 0. The highest BCUT2D eigenvalue weighted by atomic mass is 127. The highest BCUT2D eigenvalue weighted by Gasteiger charge is 2.34. The lowest BCUT2D eigenvalue weighted by Gasteiger charge is -2.18. The number of likely N-dealkylation sites (tertiary alicyclic amines) is 1. The topological polar surface area (TPSA) is 70.4 Å². The van der Waals surface area contributed by atoms with Gasteiger partial charge in [-0.2, -0.15) is 0 Å². The summed E-state index contributed by atoms with van der Waals surface area (Å²) in [5.74, 6) is 3.05. The van der Waals surface area contributed by atoms with Crippen LogP contribution in [0.4, 0.5) is 0 Å². The van der Waals surface area contributed by atoms with Crippen LogP contribution in [0.25, 0.3) is 0 Å². The molecule has 140 valence electrons. The third-order valence-electron chi connectivity index (χ3n) is 5.45. The number of aromatic nitrogens is 3. The van der Waals surface area contributed by atoms with Gasteiger partial charge in [0.2, 0.25) is 0 Å². The summed E-state index contributed by atoms with van der Waals surface area (Å²) in [6.45, 7) is 4.10. The summed E-state index contributed by atoms with van der Waals surface area (Å²) in [7, 11) is 1.84. The predicted octanol–water partition coefficient (Wildman–Crippen LogP) is 1.52. The fraction of sp³-hybridized carbons (Fsp3) is 0.824. The Hall–Kier alpha value is -0.900. The molecule has 2 aliphatic heterocycles. The molecule has 4 rings (SSSR count). The summed E-state index contributed by atoms with van der Waals surface area (Å²) >= 11 is 0. The van der Waals surface area contributed by atoms with Crippen LogP contribution in [0.15, 0.2) is 4.99 Å². The summed E-state index contributed by atoms with van der Waals surface area (Å²) in [6.07, 6.45) is 8.78. The quantitative estimate of drug-likeness (QED) is 0.406. The maximum Gasteiger partial charge on any atom is 0.191 e. The first-order chi connectivity index (χ1) is 11.8. The Kier molecular flexibility index (Phi) is 6.54. The third-order valence-corrected chi connectivity index (χ3v) is 5.45. The highest BCUT2D eigenvalue weighted by Crippen LogP contribution is 2.29. The molecule has 3 aliphatic rings. The van der Waals surface area contributed by atoms with Crippen LogP contribution in [-0.4, -0.2) is 57.8 Å². The molecular formula is C17H30IN7. The molecule has 1 saturated heterocycles. The number of rotatable bonds is 4. The minimum Gasteiger partial charge on any atom is -0.352 e. The van der Waals surface area contributed by atoms with Crippen molar-refractivity contribution < 1.29 is 0 Å². The molecule has 1 aliphatic carbocycles. The fourth-order valence-electron chi connectivity index (χ4n) is 3.90. The number of guanidine groups is 1. The minimum atomic E-state index is 0. The van der Waals surface area contributed by atoms with Gasteiger partial charge in [-0.05, 0) is 32.1 Å². The lowest BCUT2D eigenvalue weighted by Crippen LogP contribution is -2.44. The van der Waals surface area contributed by atoms with Crippen LogP contribution in [0.1, 0.15) is 50.2 Å². The van der Waals surface area contributed by atoms with Gasteiger partial charge in [0.15, 0.2) is 11.8 Å². The monoisotopic (exact) mass is 459 g/mol. The smallest absolute Gasteiger partial charge is 0.191 e. The average molecular weight is 459 g/mol. The largest absolute Gasteiger partial charge is 0.352 e. The second-order valence-corrected chi connectivity index (χ2v) is 7.28. The van der Waals surface area contributed by atoms with Crippen molar-refractivity contribution in [1.82, 2.24) is 30.3 Å². The molecule has 7 nitrogen and oxygen atoms in total. The van der Waals surface area contributed by atoms with Crippen molar-refractivity contribution in [3.63, 3.8) is 0 Å². The number of aliphatic imine (C=N–C) groups is 1. The van der Waals surface area contributed by atoms with Crippen molar-refractivity contribution in [2.24, 2.45) is 4.99 Å². The summed E-state index contributed by atoms with van der Waals surface area (Å²) < 4.78 is 2.29. The molecule has 3 heterocycles. The highest BCUT2D eigenvalue weighted by molar-refractivity contribution is 14.0. The van der Waals surface area contributed by atoms with Gasteiger partial charge in [0.25, 0.3) is 0 Å². The molecule has 1 unspecified atom stereocenters. The Morgan fingerprint density at radius 1 is 1.16 bits per heavy atom. The van der Waals surface area contributed by atoms with Crippen LogP contribution < -0.4 is 10.6 Å². The van der Waals surface area contributed by atoms with Crippen molar-refractivity contribution in [2.45, 2.75) is 70.1 Å². The van der Waals surface area contributed by atoms with Crippen LogP contribution in [0.2, 0.25) is 0 Å². The number of hydrogen-bond donors (Lipinski definition) is 2. The van der Waals surface area contributed by atoms with Crippen LogP contribution in [0, 0.1) is 0 Å². The maximum atomic E-state index is 4.39. The number of aryl methyl sites for hydroxylation is 1. The Labute approximate surface area is 167 Å². The molecule has 1 saturated carbocycles. The Balaban J connectivity index is 0.00000182. The van der Waals surface area contributed by atoms with Gasteiger partial charge >= 0.3 is 0 Å². The number of fused-ring (bicyclic) bond motifs is 1. The minimum absolute atomic E-state index is 0. The van der Waals surface area contributed by atoms with Gasteiger partial charge in [-0.25, -0.2) is 0 Å². The molecule has 1 atom stereocenters. The van der Waals surface area contributed by atoms with Gasteiger partial charge in [0.05, 0.1) is 6.54 Å². The molecule has 0 spiro atoms. The van der Waals surface area contributed by atoms with Crippen molar-refractivity contribution in [3.05, 3.63) is 11.6 Å². The van der Waals surface area contributed by atoms with Crippen molar-refractivity contribution >= 4 is 29.9 Å². The first kappa shape index (κ1) is 18.9. The molecule has 2 N–H and O–H groups in total. The van der Waals surface area contributed by atoms with E-state index in [9.17, 15) is 0 Å². The van der Waals surface area contributed by atoms with Gasteiger partial charge in [0, 0.05) is 45.2 Å². The number of nitrogens with one attached hydrogen (secondary N) is 2. The second kappa shape index (κ2) is 8.66. The molecular weight excluding hydrogens is 429 g/mol. The Morgan fingerprint density at radius 3 is 2.84 bits per heavy atom. The van der Waals surface area contributed by atoms with E-state index in [2.05, 4.69) is 35.3 Å². The van der Waals surface area contributed by atoms with Crippen molar-refractivity contribution in [2.75, 3.05) is 20.1 Å². The van der Waals surface area contributed by atoms with E-state index >= 15 is 0 Å². The zero-order valence-electron chi connectivity index (χ0n) is 15.1. The number of hydrogen-bond acceptors (Lipinski definition) is 4. The molecule has 0 radical (unpaired) electrons. The normalized spacial score (nSPS) is 24.4. The summed E-state index contributed by atoms with van der Waals surface area (Å²) in [6, 6.07) is 1.37. The van der Waals surface area contributed by atoms with Crippen molar-refractivity contribution in [1.29, 1.82) is 0 Å².